The molecule has 2 heterocycles. The zero-order valence-electron chi connectivity index (χ0n) is 19.3. The molecule has 0 aromatic carbocycles. The molecule has 3 fully saturated rings. The minimum absolute atomic E-state index is 0.0533. The molecular weight excluding hydrogens is 432 g/mol. The van der Waals surface area contributed by atoms with E-state index in [9.17, 15) is 24.0 Å². The van der Waals surface area contributed by atoms with Crippen molar-refractivity contribution in [2.45, 2.75) is 71.2 Å². The number of Topliss-reactive ketones (excluding diaryl/α,β-unsaturated/α-hetero) is 1. The van der Waals surface area contributed by atoms with Gasteiger partial charge in [0.15, 0.2) is 11.9 Å². The van der Waals surface area contributed by atoms with Crippen LogP contribution in [-0.4, -0.2) is 55.1 Å². The van der Waals surface area contributed by atoms with Crippen LogP contribution in [0, 0.1) is 28.6 Å². The van der Waals surface area contributed by atoms with Gasteiger partial charge in [0.25, 0.3) is 0 Å². The van der Waals surface area contributed by atoms with E-state index in [1.807, 2.05) is 13.8 Å². The Morgan fingerprint density at radius 3 is 2.45 bits per heavy atom. The number of ether oxygens (including phenoxy) is 4. The summed E-state index contributed by atoms with van der Waals surface area (Å²) >= 11 is 0. The van der Waals surface area contributed by atoms with Crippen LogP contribution in [0.3, 0.4) is 0 Å². The number of rotatable bonds is 3. The molecule has 8 atom stereocenters. The highest BCUT2D eigenvalue weighted by Gasteiger charge is 2.68. The summed E-state index contributed by atoms with van der Waals surface area (Å²) in [5.74, 6) is -4.25. The van der Waals surface area contributed by atoms with Gasteiger partial charge in [-0.15, -0.1) is 0 Å². The standard InChI is InChI=1S/C24H30O9/c1-12(25)31-16-10-14(21(28)30-4)23(2)9-8-13-22(29)33-17(15-6-5-7-18(26)32-15)11-24(13,3)20(23)19(16)27/h5,7,13-17,20H,6,8-11H2,1-4H3/t13-,14-,15-,16-,17-,20-,23-,24-/m0/s1. The minimum Gasteiger partial charge on any atom is -0.469 e. The van der Waals surface area contributed by atoms with E-state index in [0.29, 0.717) is 25.7 Å². The maximum absolute atomic E-state index is 13.8. The lowest BCUT2D eigenvalue weighted by molar-refractivity contribution is -0.218. The highest BCUT2D eigenvalue weighted by molar-refractivity contribution is 5.93. The molecule has 4 rings (SSSR count). The van der Waals surface area contributed by atoms with Crippen molar-refractivity contribution in [2.75, 3.05) is 7.11 Å². The van der Waals surface area contributed by atoms with Crippen LogP contribution < -0.4 is 0 Å². The van der Waals surface area contributed by atoms with E-state index in [4.69, 9.17) is 18.9 Å². The SMILES string of the molecule is COC(=O)[C@@H]1C[C@H](OC(C)=O)C(=O)[C@H]2[C@@]1(C)CC[C@H]1C(=O)O[C@H]([C@@H]3CC=CC(=O)O3)C[C@]21C. The molecule has 0 spiro atoms. The zero-order chi connectivity index (χ0) is 24.1. The van der Waals surface area contributed by atoms with Gasteiger partial charge >= 0.3 is 23.9 Å². The van der Waals surface area contributed by atoms with Gasteiger partial charge in [0, 0.05) is 31.8 Å². The normalized spacial score (nSPS) is 42.4. The molecule has 0 radical (unpaired) electrons. The molecule has 9 heteroatoms. The van der Waals surface area contributed by atoms with Gasteiger partial charge < -0.3 is 18.9 Å². The highest BCUT2D eigenvalue weighted by Crippen LogP contribution is 2.64. The van der Waals surface area contributed by atoms with Crippen molar-refractivity contribution in [3.05, 3.63) is 12.2 Å². The molecule has 2 aliphatic carbocycles. The quantitative estimate of drug-likeness (QED) is 0.457. The van der Waals surface area contributed by atoms with Gasteiger partial charge in [0.1, 0.15) is 12.2 Å². The molecule has 9 nitrogen and oxygen atoms in total. The Labute approximate surface area is 192 Å². The number of fused-ring (bicyclic) bond motifs is 3. The van der Waals surface area contributed by atoms with Gasteiger partial charge in [-0.1, -0.05) is 19.9 Å². The fourth-order valence-electron chi connectivity index (χ4n) is 6.83. The first-order valence-corrected chi connectivity index (χ1v) is 11.4. The Hall–Kier alpha value is -2.71. The summed E-state index contributed by atoms with van der Waals surface area (Å²) < 4.78 is 21.5. The molecule has 0 aromatic rings. The maximum Gasteiger partial charge on any atom is 0.330 e. The summed E-state index contributed by atoms with van der Waals surface area (Å²) in [5.41, 5.74) is -1.65. The third-order valence-corrected chi connectivity index (χ3v) is 8.23. The Morgan fingerprint density at radius 1 is 1.09 bits per heavy atom. The molecule has 180 valence electrons. The van der Waals surface area contributed by atoms with Crippen molar-refractivity contribution in [2.24, 2.45) is 28.6 Å². The molecule has 1 saturated heterocycles. The lowest BCUT2D eigenvalue weighted by Crippen LogP contribution is -2.66. The number of ketones is 1. The lowest BCUT2D eigenvalue weighted by atomic mass is 9.43. The van der Waals surface area contributed by atoms with Crippen LogP contribution in [0.15, 0.2) is 12.2 Å². The molecule has 2 aliphatic heterocycles. The third-order valence-electron chi connectivity index (χ3n) is 8.23. The molecule has 0 aromatic heterocycles. The summed E-state index contributed by atoms with van der Waals surface area (Å²) in [4.78, 5) is 63.2. The second kappa shape index (κ2) is 8.25. The number of cyclic esters (lactones) is 2. The molecular formula is C24H30O9. The van der Waals surface area contributed by atoms with E-state index >= 15 is 0 Å². The summed E-state index contributed by atoms with van der Waals surface area (Å²) in [7, 11) is 1.30. The van der Waals surface area contributed by atoms with Gasteiger partial charge in [-0.25, -0.2) is 4.79 Å². The largest absolute Gasteiger partial charge is 0.469 e. The summed E-state index contributed by atoms with van der Waals surface area (Å²) in [6.45, 7) is 4.98. The Kier molecular flexibility index (Phi) is 5.87. The zero-order valence-corrected chi connectivity index (χ0v) is 19.3. The number of carbonyl (C=O) groups is 5. The first-order valence-electron chi connectivity index (χ1n) is 11.4. The first kappa shape index (κ1) is 23.4. The average molecular weight is 462 g/mol. The number of methoxy groups -OCH3 is 1. The van der Waals surface area contributed by atoms with Gasteiger partial charge in [0.05, 0.1) is 18.9 Å². The van der Waals surface area contributed by atoms with E-state index in [0.717, 1.165) is 0 Å². The van der Waals surface area contributed by atoms with Crippen molar-refractivity contribution in [1.82, 2.24) is 0 Å². The topological polar surface area (TPSA) is 122 Å². The van der Waals surface area contributed by atoms with E-state index in [1.165, 1.54) is 20.1 Å². The van der Waals surface area contributed by atoms with Gasteiger partial charge in [-0.3, -0.25) is 19.2 Å². The molecule has 0 unspecified atom stereocenters. The smallest absolute Gasteiger partial charge is 0.330 e. The Balaban J connectivity index is 1.75. The Bertz CT molecular complexity index is 923. The van der Waals surface area contributed by atoms with Crippen molar-refractivity contribution >= 4 is 29.7 Å². The van der Waals surface area contributed by atoms with Crippen LogP contribution in [0.1, 0.15) is 52.9 Å². The van der Waals surface area contributed by atoms with Gasteiger partial charge in [-0.05, 0) is 30.1 Å². The maximum atomic E-state index is 13.8. The van der Waals surface area contributed by atoms with Crippen LogP contribution in [-0.2, 0) is 42.9 Å². The van der Waals surface area contributed by atoms with E-state index in [1.54, 1.807) is 6.08 Å². The molecule has 2 saturated carbocycles. The highest BCUT2D eigenvalue weighted by atomic mass is 16.6. The second-order valence-corrected chi connectivity index (χ2v) is 10.1. The van der Waals surface area contributed by atoms with Crippen LogP contribution in [0.25, 0.3) is 0 Å². The Morgan fingerprint density at radius 2 is 1.82 bits per heavy atom. The number of hydrogen-bond donors (Lipinski definition) is 0. The predicted molar refractivity (Wildman–Crippen MR) is 111 cm³/mol. The van der Waals surface area contributed by atoms with Crippen LogP contribution in [0.4, 0.5) is 0 Å². The minimum atomic E-state index is -1.09. The third kappa shape index (κ3) is 3.75. The monoisotopic (exact) mass is 462 g/mol. The second-order valence-electron chi connectivity index (χ2n) is 10.1. The van der Waals surface area contributed by atoms with Crippen molar-refractivity contribution < 1.29 is 42.9 Å². The predicted octanol–water partition coefficient (Wildman–Crippen LogP) is 1.91. The first-order chi connectivity index (χ1) is 15.5. The van der Waals surface area contributed by atoms with Crippen LogP contribution >= 0.6 is 0 Å². The molecule has 0 bridgehead atoms. The summed E-state index contributed by atoms with van der Waals surface area (Å²) in [5, 5.41) is 0. The molecule has 0 N–H and O–H groups in total. The van der Waals surface area contributed by atoms with Crippen molar-refractivity contribution in [3.63, 3.8) is 0 Å². The summed E-state index contributed by atoms with van der Waals surface area (Å²) in [6, 6.07) is 0. The van der Waals surface area contributed by atoms with E-state index < -0.39 is 70.8 Å². The molecule has 4 aliphatic rings. The fourth-order valence-corrected chi connectivity index (χ4v) is 6.83. The van der Waals surface area contributed by atoms with Crippen molar-refractivity contribution in [3.8, 4) is 0 Å². The molecule has 0 amide bonds. The lowest BCUT2D eigenvalue weighted by Gasteiger charge is -2.61. The van der Waals surface area contributed by atoms with Crippen LogP contribution in [0.5, 0.6) is 0 Å². The van der Waals surface area contributed by atoms with Gasteiger partial charge in [0.2, 0.25) is 0 Å². The fraction of sp³-hybridized carbons (Fsp3) is 0.708. The number of esters is 4. The van der Waals surface area contributed by atoms with E-state index in [-0.39, 0.29) is 12.2 Å². The van der Waals surface area contributed by atoms with Gasteiger partial charge in [-0.2, -0.15) is 0 Å². The van der Waals surface area contributed by atoms with Crippen LogP contribution in [0.2, 0.25) is 0 Å². The summed E-state index contributed by atoms with van der Waals surface area (Å²) in [6.07, 6.45) is 2.23. The average Bonchev–Trinajstić information content (AvgIpc) is 2.74. The van der Waals surface area contributed by atoms with Crippen molar-refractivity contribution in [1.29, 1.82) is 0 Å². The number of carbonyl (C=O) groups excluding carboxylic acids is 5. The molecule has 33 heavy (non-hydrogen) atoms. The number of hydrogen-bond acceptors (Lipinski definition) is 9. The van der Waals surface area contributed by atoms with E-state index in [2.05, 4.69) is 0 Å².